The Balaban J connectivity index is 1.86. The van der Waals surface area contributed by atoms with E-state index in [9.17, 15) is 9.59 Å². The van der Waals surface area contributed by atoms with Gasteiger partial charge in [0.2, 0.25) is 0 Å². The molecule has 3 N–H and O–H groups in total. The molecular weight excluding hydrogens is 332 g/mol. The highest BCUT2D eigenvalue weighted by molar-refractivity contribution is 6.35. The minimum Gasteiger partial charge on any atom is -0.394 e. The van der Waals surface area contributed by atoms with Crippen LogP contribution in [0.4, 0.5) is 0 Å². The molecule has 0 fully saturated rings. The third-order valence-electron chi connectivity index (χ3n) is 3.81. The predicted octanol–water partition coefficient (Wildman–Crippen LogP) is 1.48. The molecule has 0 bridgehead atoms. The van der Waals surface area contributed by atoms with Crippen LogP contribution in [0.5, 0.6) is 0 Å². The number of rotatable bonds is 8. The van der Waals surface area contributed by atoms with E-state index in [1.807, 2.05) is 61.5 Å². The van der Waals surface area contributed by atoms with Gasteiger partial charge in [-0.3, -0.25) is 9.59 Å². The first kappa shape index (κ1) is 19.6. The monoisotopic (exact) mass is 356 g/mol. The molecule has 0 aromatic heterocycles. The van der Waals surface area contributed by atoms with Gasteiger partial charge in [0.15, 0.2) is 0 Å². The van der Waals surface area contributed by atoms with Crippen molar-refractivity contribution in [3.05, 3.63) is 71.3 Å². The summed E-state index contributed by atoms with van der Waals surface area (Å²) in [5, 5.41) is 14.1. The van der Waals surface area contributed by atoms with Crippen molar-refractivity contribution in [2.24, 2.45) is 0 Å². The fourth-order valence-corrected chi connectivity index (χ4v) is 2.37. The minimum atomic E-state index is -0.717. The van der Waals surface area contributed by atoms with Gasteiger partial charge in [-0.15, -0.1) is 0 Å². The van der Waals surface area contributed by atoms with Crippen molar-refractivity contribution in [1.82, 2.24) is 10.6 Å². The molecule has 0 aliphatic rings. The van der Waals surface area contributed by atoms with E-state index >= 15 is 0 Å². The SMILES string of the molecule is Cc1ccc(C(CNC(=O)C(=O)NCc2ccccc2)OCCO)cc1. The summed E-state index contributed by atoms with van der Waals surface area (Å²) in [4.78, 5) is 23.9. The number of carbonyl (C=O) groups is 2. The van der Waals surface area contributed by atoms with Crippen LogP contribution < -0.4 is 10.6 Å². The Morgan fingerprint density at radius 3 is 2.31 bits per heavy atom. The maximum Gasteiger partial charge on any atom is 0.309 e. The lowest BCUT2D eigenvalue weighted by Gasteiger charge is -2.18. The second-order valence-electron chi connectivity index (χ2n) is 5.87. The Morgan fingerprint density at radius 2 is 1.65 bits per heavy atom. The summed E-state index contributed by atoms with van der Waals surface area (Å²) in [6.45, 7) is 2.44. The highest BCUT2D eigenvalue weighted by Gasteiger charge is 2.17. The van der Waals surface area contributed by atoms with Crippen molar-refractivity contribution in [1.29, 1.82) is 0 Å². The molecule has 0 radical (unpaired) electrons. The molecule has 6 heteroatoms. The minimum absolute atomic E-state index is 0.117. The molecule has 0 heterocycles. The van der Waals surface area contributed by atoms with Crippen molar-refractivity contribution in [2.45, 2.75) is 19.6 Å². The molecule has 1 atom stereocenters. The summed E-state index contributed by atoms with van der Waals surface area (Å²) in [5.41, 5.74) is 2.89. The van der Waals surface area contributed by atoms with Crippen LogP contribution in [0, 0.1) is 6.92 Å². The number of ether oxygens (including phenoxy) is 1. The smallest absolute Gasteiger partial charge is 0.309 e. The molecule has 2 amide bonds. The molecule has 0 spiro atoms. The summed E-state index contributed by atoms with van der Waals surface area (Å²) in [7, 11) is 0. The predicted molar refractivity (Wildman–Crippen MR) is 98.3 cm³/mol. The average Bonchev–Trinajstić information content (AvgIpc) is 2.67. The molecule has 0 saturated carbocycles. The van der Waals surface area contributed by atoms with Crippen LogP contribution in [0.1, 0.15) is 22.8 Å². The largest absolute Gasteiger partial charge is 0.394 e. The molecule has 26 heavy (non-hydrogen) atoms. The van der Waals surface area contributed by atoms with Gasteiger partial charge >= 0.3 is 11.8 Å². The van der Waals surface area contributed by atoms with Gasteiger partial charge in [-0.05, 0) is 18.1 Å². The van der Waals surface area contributed by atoms with Crippen LogP contribution in [0.25, 0.3) is 0 Å². The van der Waals surface area contributed by atoms with Crippen molar-refractivity contribution in [3.8, 4) is 0 Å². The fraction of sp³-hybridized carbons (Fsp3) is 0.300. The summed E-state index contributed by atoms with van der Waals surface area (Å²) in [6, 6.07) is 17.0. The normalized spacial score (nSPS) is 11.6. The molecule has 0 aliphatic carbocycles. The van der Waals surface area contributed by atoms with E-state index in [0.29, 0.717) is 0 Å². The van der Waals surface area contributed by atoms with Crippen LogP contribution in [0.2, 0.25) is 0 Å². The third-order valence-corrected chi connectivity index (χ3v) is 3.81. The molecular formula is C20H24N2O4. The Bertz CT molecular complexity index is 702. The molecule has 138 valence electrons. The molecule has 6 nitrogen and oxygen atoms in total. The van der Waals surface area contributed by atoms with E-state index in [0.717, 1.165) is 16.7 Å². The fourth-order valence-electron chi connectivity index (χ4n) is 2.37. The van der Waals surface area contributed by atoms with Crippen molar-refractivity contribution in [3.63, 3.8) is 0 Å². The van der Waals surface area contributed by atoms with Crippen molar-refractivity contribution >= 4 is 11.8 Å². The van der Waals surface area contributed by atoms with Gasteiger partial charge in [0.1, 0.15) is 0 Å². The van der Waals surface area contributed by atoms with Crippen LogP contribution in [0.15, 0.2) is 54.6 Å². The number of benzene rings is 2. The molecule has 0 aliphatic heterocycles. The van der Waals surface area contributed by atoms with Crippen molar-refractivity contribution < 1.29 is 19.4 Å². The van der Waals surface area contributed by atoms with E-state index in [1.54, 1.807) is 0 Å². The standard InChI is InChI=1S/C20H24N2O4/c1-15-7-9-17(10-8-15)18(26-12-11-23)14-22-20(25)19(24)21-13-16-5-3-2-4-6-16/h2-10,18,23H,11-14H2,1H3,(H,21,24)(H,22,25). The number of amides is 2. The van der Waals surface area contributed by atoms with Gasteiger partial charge in [-0.1, -0.05) is 60.2 Å². The number of aryl methyl sites for hydroxylation is 1. The molecule has 2 rings (SSSR count). The highest BCUT2D eigenvalue weighted by atomic mass is 16.5. The van der Waals surface area contributed by atoms with Crippen molar-refractivity contribution in [2.75, 3.05) is 19.8 Å². The number of hydrogen-bond donors (Lipinski definition) is 3. The van der Waals surface area contributed by atoms with E-state index in [4.69, 9.17) is 9.84 Å². The summed E-state index contributed by atoms with van der Waals surface area (Å²) in [5.74, 6) is -1.41. The Morgan fingerprint density at radius 1 is 1.00 bits per heavy atom. The van der Waals surface area contributed by atoms with Crippen LogP contribution in [-0.2, 0) is 20.9 Å². The zero-order valence-electron chi connectivity index (χ0n) is 14.8. The lowest BCUT2D eigenvalue weighted by molar-refractivity contribution is -0.139. The van der Waals surface area contributed by atoms with Gasteiger partial charge in [-0.2, -0.15) is 0 Å². The quantitative estimate of drug-likeness (QED) is 0.625. The lowest BCUT2D eigenvalue weighted by atomic mass is 10.1. The molecule has 2 aromatic rings. The van der Waals surface area contributed by atoms with Crippen LogP contribution >= 0.6 is 0 Å². The summed E-state index contributed by atoms with van der Waals surface area (Å²) in [6.07, 6.45) is -0.436. The van der Waals surface area contributed by atoms with Crippen LogP contribution in [0.3, 0.4) is 0 Å². The van der Waals surface area contributed by atoms with E-state index in [2.05, 4.69) is 10.6 Å². The summed E-state index contributed by atoms with van der Waals surface area (Å²) >= 11 is 0. The first-order chi connectivity index (χ1) is 12.6. The highest BCUT2D eigenvalue weighted by Crippen LogP contribution is 2.17. The maximum atomic E-state index is 12.0. The van der Waals surface area contributed by atoms with E-state index in [-0.39, 0.29) is 26.3 Å². The average molecular weight is 356 g/mol. The second kappa shape index (κ2) is 10.3. The number of nitrogens with one attached hydrogen (secondary N) is 2. The second-order valence-corrected chi connectivity index (χ2v) is 5.87. The first-order valence-electron chi connectivity index (χ1n) is 8.49. The van der Waals surface area contributed by atoms with Gasteiger partial charge < -0.3 is 20.5 Å². The lowest BCUT2D eigenvalue weighted by Crippen LogP contribution is -2.41. The van der Waals surface area contributed by atoms with Gasteiger partial charge in [0.25, 0.3) is 0 Å². The number of aliphatic hydroxyl groups is 1. The topological polar surface area (TPSA) is 87.7 Å². The van der Waals surface area contributed by atoms with E-state index in [1.165, 1.54) is 0 Å². The Labute approximate surface area is 153 Å². The Kier molecular flexibility index (Phi) is 7.79. The Hall–Kier alpha value is -2.70. The van der Waals surface area contributed by atoms with E-state index < -0.39 is 17.9 Å². The zero-order valence-corrected chi connectivity index (χ0v) is 14.8. The van der Waals surface area contributed by atoms with Gasteiger partial charge in [0.05, 0.1) is 19.3 Å². The summed E-state index contributed by atoms with van der Waals surface area (Å²) < 4.78 is 5.58. The number of aliphatic hydroxyl groups excluding tert-OH is 1. The first-order valence-corrected chi connectivity index (χ1v) is 8.49. The molecule has 1 unspecified atom stereocenters. The number of hydrogen-bond acceptors (Lipinski definition) is 4. The molecule has 2 aromatic carbocycles. The molecule has 0 saturated heterocycles. The van der Waals surface area contributed by atoms with Crippen LogP contribution in [-0.4, -0.2) is 36.7 Å². The number of carbonyl (C=O) groups excluding carboxylic acids is 2. The maximum absolute atomic E-state index is 12.0. The zero-order chi connectivity index (χ0) is 18.8. The third kappa shape index (κ3) is 6.31. The van der Waals surface area contributed by atoms with Gasteiger partial charge in [-0.25, -0.2) is 0 Å². The van der Waals surface area contributed by atoms with Gasteiger partial charge in [0, 0.05) is 13.1 Å².